The van der Waals surface area contributed by atoms with Crippen LogP contribution in [0, 0.1) is 0 Å². The molecule has 0 aliphatic heterocycles. The molecule has 1 aromatic carbocycles. The van der Waals surface area contributed by atoms with E-state index in [4.69, 9.17) is 10.3 Å². The van der Waals surface area contributed by atoms with Gasteiger partial charge in [0.1, 0.15) is 0 Å². The summed E-state index contributed by atoms with van der Waals surface area (Å²) in [6.07, 6.45) is 3.01. The quantitative estimate of drug-likeness (QED) is 0.680. The molecule has 0 saturated heterocycles. The van der Waals surface area contributed by atoms with Gasteiger partial charge in [-0.2, -0.15) is 20.4 Å². The Kier molecular flexibility index (Phi) is 2.93. The lowest BCUT2D eigenvalue weighted by molar-refractivity contribution is 0.379. The molecule has 3 rings (SSSR count). The second-order valence-electron chi connectivity index (χ2n) is 4.11. The summed E-state index contributed by atoms with van der Waals surface area (Å²) in [5.74, 6) is 1.01. The van der Waals surface area contributed by atoms with Gasteiger partial charge in [0, 0.05) is 12.1 Å². The van der Waals surface area contributed by atoms with E-state index in [1.165, 1.54) is 0 Å². The highest BCUT2D eigenvalue weighted by molar-refractivity contribution is 5.45. The van der Waals surface area contributed by atoms with Crippen LogP contribution in [-0.2, 0) is 12.8 Å². The SMILES string of the molecule is Nc1cccc(CCc2nc(-c3cn[nH]n3)no2)c1. The molecule has 0 aliphatic carbocycles. The number of nitrogens with two attached hydrogens (primary N) is 1. The minimum Gasteiger partial charge on any atom is -0.399 e. The Labute approximate surface area is 108 Å². The van der Waals surface area contributed by atoms with Crippen LogP contribution in [0.1, 0.15) is 11.5 Å². The molecule has 0 unspecified atom stereocenters. The molecule has 7 heteroatoms. The average Bonchev–Trinajstić information content (AvgIpc) is 3.07. The number of rotatable bonds is 4. The van der Waals surface area contributed by atoms with Crippen LogP contribution < -0.4 is 5.73 Å². The summed E-state index contributed by atoms with van der Waals surface area (Å²) in [6.45, 7) is 0. The highest BCUT2D eigenvalue weighted by atomic mass is 16.5. The van der Waals surface area contributed by atoms with Crippen LogP contribution in [0.5, 0.6) is 0 Å². The van der Waals surface area contributed by atoms with Crippen LogP contribution in [0.25, 0.3) is 11.5 Å². The van der Waals surface area contributed by atoms with E-state index in [1.807, 2.05) is 24.3 Å². The van der Waals surface area contributed by atoms with Crippen molar-refractivity contribution < 1.29 is 4.52 Å². The van der Waals surface area contributed by atoms with Crippen molar-refractivity contribution in [2.45, 2.75) is 12.8 Å². The minimum absolute atomic E-state index is 0.441. The van der Waals surface area contributed by atoms with Gasteiger partial charge >= 0.3 is 0 Å². The number of aromatic amines is 1. The molecule has 0 atom stereocenters. The van der Waals surface area contributed by atoms with E-state index in [9.17, 15) is 0 Å². The molecule has 0 radical (unpaired) electrons. The molecule has 0 aliphatic rings. The summed E-state index contributed by atoms with van der Waals surface area (Å²) in [5.41, 5.74) is 8.19. The zero-order chi connectivity index (χ0) is 13.1. The summed E-state index contributed by atoms with van der Waals surface area (Å²) in [6, 6.07) is 7.75. The first-order chi connectivity index (χ1) is 9.31. The number of aryl methyl sites for hydroxylation is 2. The highest BCUT2D eigenvalue weighted by Crippen LogP contribution is 2.13. The van der Waals surface area contributed by atoms with E-state index in [2.05, 4.69) is 25.6 Å². The Hall–Kier alpha value is -2.70. The van der Waals surface area contributed by atoms with E-state index >= 15 is 0 Å². The normalized spacial score (nSPS) is 10.7. The number of anilines is 1. The maximum absolute atomic E-state index is 5.73. The Balaban J connectivity index is 1.68. The van der Waals surface area contributed by atoms with Crippen molar-refractivity contribution in [3.05, 3.63) is 41.9 Å². The lowest BCUT2D eigenvalue weighted by atomic mass is 10.1. The van der Waals surface area contributed by atoms with Crippen molar-refractivity contribution in [1.82, 2.24) is 25.6 Å². The molecule has 96 valence electrons. The standard InChI is InChI=1S/C12H12N6O/c13-9-3-1-2-8(6-9)4-5-11-15-12(17-19-11)10-7-14-18-16-10/h1-3,6-7H,4-5,13H2,(H,14,16,18). The maximum atomic E-state index is 5.73. The number of nitrogens with zero attached hydrogens (tertiary/aromatic N) is 4. The summed E-state index contributed by atoms with van der Waals surface area (Å²) in [4.78, 5) is 4.26. The van der Waals surface area contributed by atoms with Crippen LogP contribution in [0.2, 0.25) is 0 Å². The van der Waals surface area contributed by atoms with Gasteiger partial charge in [-0.1, -0.05) is 17.3 Å². The van der Waals surface area contributed by atoms with Gasteiger partial charge < -0.3 is 10.3 Å². The van der Waals surface area contributed by atoms with Gasteiger partial charge in [-0.15, -0.1) is 0 Å². The topological polar surface area (TPSA) is 107 Å². The Bertz CT molecular complexity index is 660. The smallest absolute Gasteiger partial charge is 0.227 e. The van der Waals surface area contributed by atoms with Crippen LogP contribution in [0.3, 0.4) is 0 Å². The van der Waals surface area contributed by atoms with Crippen LogP contribution >= 0.6 is 0 Å². The van der Waals surface area contributed by atoms with Crippen molar-refractivity contribution >= 4 is 5.69 Å². The molecule has 2 aromatic heterocycles. The molecule has 2 heterocycles. The molecule has 0 spiro atoms. The number of nitrogen functional groups attached to an aromatic ring is 1. The van der Waals surface area contributed by atoms with Crippen molar-refractivity contribution in [2.24, 2.45) is 0 Å². The van der Waals surface area contributed by atoms with E-state index in [0.717, 1.165) is 17.7 Å². The third-order valence-electron chi connectivity index (χ3n) is 2.69. The largest absolute Gasteiger partial charge is 0.399 e. The molecular formula is C12H12N6O. The van der Waals surface area contributed by atoms with E-state index in [1.54, 1.807) is 6.20 Å². The minimum atomic E-state index is 0.441. The average molecular weight is 256 g/mol. The van der Waals surface area contributed by atoms with Gasteiger partial charge in [-0.25, -0.2) is 0 Å². The fraction of sp³-hybridized carbons (Fsp3) is 0.167. The fourth-order valence-electron chi connectivity index (χ4n) is 1.77. The predicted octanol–water partition coefficient (Wildman–Crippen LogP) is 1.22. The first-order valence-corrected chi connectivity index (χ1v) is 5.84. The second kappa shape index (κ2) is 4.89. The molecule has 3 aromatic rings. The van der Waals surface area contributed by atoms with Crippen molar-refractivity contribution in [3.8, 4) is 11.5 Å². The van der Waals surface area contributed by atoms with Crippen LogP contribution in [0.15, 0.2) is 35.0 Å². The zero-order valence-corrected chi connectivity index (χ0v) is 10.1. The van der Waals surface area contributed by atoms with Crippen molar-refractivity contribution in [1.29, 1.82) is 0 Å². The van der Waals surface area contributed by atoms with Crippen molar-refractivity contribution in [2.75, 3.05) is 5.73 Å². The molecule has 0 fully saturated rings. The Morgan fingerprint density at radius 3 is 3.00 bits per heavy atom. The van der Waals surface area contributed by atoms with Gasteiger partial charge in [-0.3, -0.25) is 0 Å². The molecule has 0 bridgehead atoms. The highest BCUT2D eigenvalue weighted by Gasteiger charge is 2.10. The number of aromatic nitrogens is 5. The number of H-pyrrole nitrogens is 1. The fourth-order valence-corrected chi connectivity index (χ4v) is 1.77. The van der Waals surface area contributed by atoms with Gasteiger partial charge in [0.2, 0.25) is 11.7 Å². The summed E-state index contributed by atoms with van der Waals surface area (Å²) in [5, 5.41) is 14.0. The monoisotopic (exact) mass is 256 g/mol. The van der Waals surface area contributed by atoms with Gasteiger partial charge in [0.05, 0.1) is 6.20 Å². The van der Waals surface area contributed by atoms with Gasteiger partial charge in [0.25, 0.3) is 0 Å². The van der Waals surface area contributed by atoms with Crippen LogP contribution in [0.4, 0.5) is 5.69 Å². The van der Waals surface area contributed by atoms with E-state index in [-0.39, 0.29) is 0 Å². The lowest BCUT2D eigenvalue weighted by Gasteiger charge is -1.99. The summed E-state index contributed by atoms with van der Waals surface area (Å²) >= 11 is 0. The number of nitrogens with one attached hydrogen (secondary N) is 1. The number of hydrogen-bond acceptors (Lipinski definition) is 6. The van der Waals surface area contributed by atoms with Crippen LogP contribution in [-0.4, -0.2) is 25.6 Å². The molecule has 0 amide bonds. The van der Waals surface area contributed by atoms with E-state index < -0.39 is 0 Å². The summed E-state index contributed by atoms with van der Waals surface area (Å²) in [7, 11) is 0. The van der Waals surface area contributed by atoms with Gasteiger partial charge in [-0.05, 0) is 24.1 Å². The molecule has 7 nitrogen and oxygen atoms in total. The number of hydrogen-bond donors (Lipinski definition) is 2. The third-order valence-corrected chi connectivity index (χ3v) is 2.69. The predicted molar refractivity (Wildman–Crippen MR) is 67.9 cm³/mol. The zero-order valence-electron chi connectivity index (χ0n) is 10.1. The lowest BCUT2D eigenvalue weighted by Crippen LogP contribution is -1.93. The van der Waals surface area contributed by atoms with Crippen molar-refractivity contribution in [3.63, 3.8) is 0 Å². The van der Waals surface area contributed by atoms with E-state index in [0.29, 0.717) is 23.8 Å². The first kappa shape index (κ1) is 11.4. The Morgan fingerprint density at radius 1 is 1.26 bits per heavy atom. The molecular weight excluding hydrogens is 244 g/mol. The van der Waals surface area contributed by atoms with Gasteiger partial charge in [0.15, 0.2) is 5.69 Å². The maximum Gasteiger partial charge on any atom is 0.227 e. The molecule has 3 N–H and O–H groups in total. The molecule has 0 saturated carbocycles. The Morgan fingerprint density at radius 2 is 2.21 bits per heavy atom. The number of benzene rings is 1. The summed E-state index contributed by atoms with van der Waals surface area (Å²) < 4.78 is 5.17. The second-order valence-corrected chi connectivity index (χ2v) is 4.11. The third kappa shape index (κ3) is 2.59. The first-order valence-electron chi connectivity index (χ1n) is 5.84. The molecule has 19 heavy (non-hydrogen) atoms.